The molecule has 20 heavy (non-hydrogen) atoms. The van der Waals surface area contributed by atoms with E-state index >= 15 is 0 Å². The number of fused-ring (bicyclic) bond motifs is 1. The van der Waals surface area contributed by atoms with E-state index in [1.54, 1.807) is 33.5 Å². The molecule has 0 unspecified atom stereocenters. The average molecular weight is 276 g/mol. The maximum absolute atomic E-state index is 12.1. The van der Waals surface area contributed by atoms with Crippen molar-refractivity contribution in [1.82, 2.24) is 0 Å². The molecule has 1 aliphatic rings. The number of hydrogen-bond acceptors (Lipinski definition) is 5. The first-order valence-corrected chi connectivity index (χ1v) is 6.46. The quantitative estimate of drug-likeness (QED) is 0.785. The summed E-state index contributed by atoms with van der Waals surface area (Å²) >= 11 is 0. The smallest absolute Gasteiger partial charge is 0.204 e. The van der Waals surface area contributed by atoms with E-state index in [-0.39, 0.29) is 11.7 Å². The second kappa shape index (κ2) is 4.74. The molecule has 0 atom stereocenters. The Kier molecular flexibility index (Phi) is 3.04. The van der Waals surface area contributed by atoms with Crippen molar-refractivity contribution in [3.05, 3.63) is 17.9 Å². The molecule has 5 nitrogen and oxygen atoms in total. The van der Waals surface area contributed by atoms with E-state index in [9.17, 15) is 4.79 Å². The fourth-order valence-corrected chi connectivity index (χ4v) is 2.32. The number of Topliss-reactive ketones (excluding diaryl/α,β-unsaturated/α-hetero) is 1. The van der Waals surface area contributed by atoms with Gasteiger partial charge in [0.2, 0.25) is 11.5 Å². The van der Waals surface area contributed by atoms with Crippen LogP contribution in [0, 0.1) is 5.92 Å². The van der Waals surface area contributed by atoms with Crippen LogP contribution in [0.25, 0.3) is 11.0 Å². The normalized spacial score (nSPS) is 14.3. The highest BCUT2D eigenvalue weighted by Gasteiger charge is 2.33. The summed E-state index contributed by atoms with van der Waals surface area (Å²) in [5.74, 6) is 2.06. The minimum absolute atomic E-state index is 0.0567. The van der Waals surface area contributed by atoms with Crippen molar-refractivity contribution in [3.63, 3.8) is 0 Å². The van der Waals surface area contributed by atoms with E-state index < -0.39 is 0 Å². The van der Waals surface area contributed by atoms with Gasteiger partial charge < -0.3 is 18.6 Å². The lowest BCUT2D eigenvalue weighted by atomic mass is 10.1. The second-order valence-corrected chi connectivity index (χ2v) is 4.81. The fraction of sp³-hybridized carbons (Fsp3) is 0.400. The van der Waals surface area contributed by atoms with Crippen molar-refractivity contribution in [1.29, 1.82) is 0 Å². The summed E-state index contributed by atoms with van der Waals surface area (Å²) < 4.78 is 21.6. The summed E-state index contributed by atoms with van der Waals surface area (Å²) in [4.78, 5) is 12.1. The molecule has 1 fully saturated rings. The van der Waals surface area contributed by atoms with Gasteiger partial charge in [-0.3, -0.25) is 4.79 Å². The highest BCUT2D eigenvalue weighted by molar-refractivity contribution is 6.02. The van der Waals surface area contributed by atoms with E-state index in [2.05, 4.69) is 0 Å². The Morgan fingerprint density at radius 2 is 1.80 bits per heavy atom. The number of carbonyl (C=O) groups is 1. The third-order valence-electron chi connectivity index (χ3n) is 3.52. The number of carbonyl (C=O) groups excluding carboxylic acids is 1. The Morgan fingerprint density at radius 3 is 2.35 bits per heavy atom. The zero-order valence-corrected chi connectivity index (χ0v) is 11.7. The van der Waals surface area contributed by atoms with Crippen LogP contribution in [0.4, 0.5) is 0 Å². The van der Waals surface area contributed by atoms with Gasteiger partial charge in [-0.05, 0) is 18.9 Å². The highest BCUT2D eigenvalue weighted by atomic mass is 16.5. The summed E-state index contributed by atoms with van der Waals surface area (Å²) in [6, 6.07) is 3.43. The molecule has 0 aliphatic heterocycles. The SMILES string of the molecule is COc1cc2oc(C(=O)C3CC3)cc2c(OC)c1OC. The summed E-state index contributed by atoms with van der Waals surface area (Å²) in [6.07, 6.45) is 1.89. The molecule has 0 saturated heterocycles. The van der Waals surface area contributed by atoms with Crippen molar-refractivity contribution >= 4 is 16.8 Å². The molecule has 0 amide bonds. The Labute approximate surface area is 116 Å². The molecule has 0 N–H and O–H groups in total. The first kappa shape index (κ1) is 12.8. The monoisotopic (exact) mass is 276 g/mol. The van der Waals surface area contributed by atoms with Crippen LogP contribution in [-0.2, 0) is 0 Å². The summed E-state index contributed by atoms with van der Waals surface area (Å²) in [6.45, 7) is 0. The van der Waals surface area contributed by atoms with Gasteiger partial charge in [0.15, 0.2) is 17.3 Å². The van der Waals surface area contributed by atoms with Gasteiger partial charge in [0.05, 0.1) is 26.7 Å². The molecule has 5 heteroatoms. The van der Waals surface area contributed by atoms with Gasteiger partial charge in [-0.25, -0.2) is 0 Å². The molecule has 0 spiro atoms. The molecule has 1 heterocycles. The first-order chi connectivity index (χ1) is 9.69. The van der Waals surface area contributed by atoms with Crippen LogP contribution >= 0.6 is 0 Å². The standard InChI is InChI=1S/C15H16O5/c1-17-12-7-10-9(14(18-2)15(12)19-3)6-11(20-10)13(16)8-4-5-8/h6-8H,4-5H2,1-3H3. The van der Waals surface area contributed by atoms with Crippen LogP contribution in [-0.4, -0.2) is 27.1 Å². The Balaban J connectivity index is 2.19. The molecule has 0 bridgehead atoms. The molecule has 0 radical (unpaired) electrons. The molecule has 2 aromatic rings. The van der Waals surface area contributed by atoms with Crippen molar-refractivity contribution in [3.8, 4) is 17.2 Å². The maximum Gasteiger partial charge on any atom is 0.204 e. The molecular formula is C15H16O5. The van der Waals surface area contributed by atoms with Gasteiger partial charge in [-0.1, -0.05) is 0 Å². The van der Waals surface area contributed by atoms with E-state index in [4.69, 9.17) is 18.6 Å². The largest absolute Gasteiger partial charge is 0.493 e. The topological polar surface area (TPSA) is 57.9 Å². The van der Waals surface area contributed by atoms with Crippen molar-refractivity contribution in [2.45, 2.75) is 12.8 Å². The number of hydrogen-bond donors (Lipinski definition) is 0. The number of benzene rings is 1. The van der Waals surface area contributed by atoms with E-state index in [1.165, 1.54) is 0 Å². The lowest BCUT2D eigenvalue weighted by Gasteiger charge is -2.11. The van der Waals surface area contributed by atoms with Crippen LogP contribution in [0.1, 0.15) is 23.4 Å². The third-order valence-corrected chi connectivity index (χ3v) is 3.52. The Morgan fingerprint density at radius 1 is 1.10 bits per heavy atom. The van der Waals surface area contributed by atoms with E-state index in [0.29, 0.717) is 34.0 Å². The van der Waals surface area contributed by atoms with Crippen LogP contribution in [0.5, 0.6) is 17.2 Å². The van der Waals surface area contributed by atoms with Crippen molar-refractivity contribution in [2.24, 2.45) is 5.92 Å². The van der Waals surface area contributed by atoms with Gasteiger partial charge in [-0.2, -0.15) is 0 Å². The lowest BCUT2D eigenvalue weighted by molar-refractivity contribution is 0.0942. The molecule has 1 aromatic carbocycles. The Hall–Kier alpha value is -2.17. The van der Waals surface area contributed by atoms with E-state index in [1.807, 2.05) is 0 Å². The molecular weight excluding hydrogens is 260 g/mol. The zero-order chi connectivity index (χ0) is 14.3. The van der Waals surface area contributed by atoms with Gasteiger partial charge in [0, 0.05) is 12.0 Å². The van der Waals surface area contributed by atoms with Crippen LogP contribution in [0.3, 0.4) is 0 Å². The minimum atomic E-state index is 0.0567. The number of ketones is 1. The molecule has 1 saturated carbocycles. The van der Waals surface area contributed by atoms with Gasteiger partial charge in [0.1, 0.15) is 5.58 Å². The fourth-order valence-electron chi connectivity index (χ4n) is 2.32. The molecule has 1 aromatic heterocycles. The molecule has 106 valence electrons. The van der Waals surface area contributed by atoms with Gasteiger partial charge >= 0.3 is 0 Å². The first-order valence-electron chi connectivity index (χ1n) is 6.46. The van der Waals surface area contributed by atoms with Crippen LogP contribution in [0.15, 0.2) is 16.5 Å². The highest BCUT2D eigenvalue weighted by Crippen LogP contribution is 2.45. The third kappa shape index (κ3) is 1.90. The van der Waals surface area contributed by atoms with E-state index in [0.717, 1.165) is 12.8 Å². The van der Waals surface area contributed by atoms with Gasteiger partial charge in [-0.15, -0.1) is 0 Å². The number of furan rings is 1. The number of methoxy groups -OCH3 is 3. The second-order valence-electron chi connectivity index (χ2n) is 4.81. The lowest BCUT2D eigenvalue weighted by Crippen LogP contribution is -1.98. The van der Waals surface area contributed by atoms with Crippen LogP contribution < -0.4 is 14.2 Å². The Bertz CT molecular complexity index is 666. The zero-order valence-electron chi connectivity index (χ0n) is 11.7. The van der Waals surface area contributed by atoms with Crippen molar-refractivity contribution < 1.29 is 23.4 Å². The summed E-state index contributed by atoms with van der Waals surface area (Å²) in [5.41, 5.74) is 0.559. The van der Waals surface area contributed by atoms with Crippen molar-refractivity contribution in [2.75, 3.05) is 21.3 Å². The predicted molar refractivity (Wildman–Crippen MR) is 72.9 cm³/mol. The number of rotatable bonds is 5. The summed E-state index contributed by atoms with van der Waals surface area (Å²) in [7, 11) is 4.64. The minimum Gasteiger partial charge on any atom is -0.493 e. The van der Waals surface area contributed by atoms with Crippen LogP contribution in [0.2, 0.25) is 0 Å². The molecule has 1 aliphatic carbocycles. The predicted octanol–water partition coefficient (Wildman–Crippen LogP) is 3.05. The molecule has 3 rings (SSSR count). The number of ether oxygens (including phenoxy) is 3. The average Bonchev–Trinajstić information content (AvgIpc) is 3.23. The maximum atomic E-state index is 12.1. The summed E-state index contributed by atoms with van der Waals surface area (Å²) in [5, 5.41) is 0.717. The van der Waals surface area contributed by atoms with Gasteiger partial charge in [0.25, 0.3) is 0 Å².